The monoisotopic (exact) mass is 431 g/mol. The van der Waals surface area contributed by atoms with E-state index in [0.717, 1.165) is 0 Å². The zero-order chi connectivity index (χ0) is 22.0. The standard InChI is InChI=1S/C16H16ClN3O2.C2HF3O2/c17-13-6-4-11(5-7-13)16(21)20-8-9-22-14-3-1-2-12(10-14)15(18)19;3-2(4,5)1(6)7/h1-7,10H,8-9H2,(H3,18,19)(H,20,21);(H,6,7). The van der Waals surface area contributed by atoms with E-state index in [-0.39, 0.29) is 11.7 Å². The number of amidine groups is 1. The molecule has 2 aromatic carbocycles. The van der Waals surface area contributed by atoms with Crippen LogP contribution in [0.15, 0.2) is 48.5 Å². The van der Waals surface area contributed by atoms with Crippen molar-refractivity contribution in [3.8, 4) is 5.75 Å². The highest BCUT2D eigenvalue weighted by Crippen LogP contribution is 2.13. The Morgan fingerprint density at radius 2 is 1.72 bits per heavy atom. The molecule has 0 aliphatic heterocycles. The number of nitrogen functional groups attached to an aromatic ring is 1. The number of aliphatic carboxylic acids is 1. The maximum absolute atomic E-state index is 11.9. The van der Waals surface area contributed by atoms with Crippen LogP contribution in [0.1, 0.15) is 15.9 Å². The van der Waals surface area contributed by atoms with E-state index >= 15 is 0 Å². The van der Waals surface area contributed by atoms with Gasteiger partial charge in [-0.1, -0.05) is 23.7 Å². The summed E-state index contributed by atoms with van der Waals surface area (Å²) in [5, 5.41) is 17.8. The number of hydrogen-bond donors (Lipinski definition) is 4. The predicted molar refractivity (Wildman–Crippen MR) is 100 cm³/mol. The molecule has 0 bridgehead atoms. The lowest BCUT2D eigenvalue weighted by molar-refractivity contribution is -0.192. The van der Waals surface area contributed by atoms with Crippen LogP contribution in [0.2, 0.25) is 5.02 Å². The molecule has 5 N–H and O–H groups in total. The normalized spacial score (nSPS) is 10.3. The fraction of sp³-hybridized carbons (Fsp3) is 0.167. The van der Waals surface area contributed by atoms with Gasteiger partial charge in [-0.3, -0.25) is 10.2 Å². The first-order chi connectivity index (χ1) is 13.5. The number of carbonyl (C=O) groups excluding carboxylic acids is 1. The van der Waals surface area contributed by atoms with Crippen molar-refractivity contribution < 1.29 is 32.6 Å². The van der Waals surface area contributed by atoms with E-state index < -0.39 is 12.1 Å². The number of alkyl halides is 3. The van der Waals surface area contributed by atoms with Crippen molar-refractivity contribution in [3.05, 3.63) is 64.7 Å². The van der Waals surface area contributed by atoms with E-state index in [4.69, 9.17) is 37.4 Å². The van der Waals surface area contributed by atoms with Gasteiger partial charge >= 0.3 is 12.1 Å². The van der Waals surface area contributed by atoms with Gasteiger partial charge in [-0.25, -0.2) is 4.79 Å². The second-order valence-corrected chi connectivity index (χ2v) is 5.79. The topological polar surface area (TPSA) is 126 Å². The van der Waals surface area contributed by atoms with Gasteiger partial charge in [0.1, 0.15) is 18.2 Å². The highest BCUT2D eigenvalue weighted by Gasteiger charge is 2.38. The van der Waals surface area contributed by atoms with Gasteiger partial charge < -0.3 is 20.9 Å². The van der Waals surface area contributed by atoms with E-state index in [0.29, 0.717) is 35.1 Å². The number of ether oxygens (including phenoxy) is 1. The number of benzene rings is 2. The number of carbonyl (C=O) groups is 2. The highest BCUT2D eigenvalue weighted by atomic mass is 35.5. The summed E-state index contributed by atoms with van der Waals surface area (Å²) in [4.78, 5) is 20.8. The number of halogens is 4. The fourth-order valence-electron chi connectivity index (χ4n) is 1.79. The van der Waals surface area contributed by atoms with Crippen molar-refractivity contribution in [2.24, 2.45) is 5.73 Å². The maximum atomic E-state index is 11.9. The molecule has 2 aromatic rings. The number of carboxylic acid groups (broad SMARTS) is 1. The lowest BCUT2D eigenvalue weighted by Gasteiger charge is -2.09. The maximum Gasteiger partial charge on any atom is 0.490 e. The van der Waals surface area contributed by atoms with Crippen molar-refractivity contribution in [1.29, 1.82) is 5.41 Å². The Balaban J connectivity index is 0.000000516. The first-order valence-electron chi connectivity index (χ1n) is 7.92. The zero-order valence-corrected chi connectivity index (χ0v) is 15.6. The van der Waals surface area contributed by atoms with Crippen LogP contribution in [0.3, 0.4) is 0 Å². The third kappa shape index (κ3) is 8.98. The summed E-state index contributed by atoms with van der Waals surface area (Å²) in [5.41, 5.74) is 6.56. The minimum Gasteiger partial charge on any atom is -0.492 e. The molecular formula is C18H17ClF3N3O4. The third-order valence-corrected chi connectivity index (χ3v) is 3.40. The molecule has 29 heavy (non-hydrogen) atoms. The quantitative estimate of drug-likeness (QED) is 0.318. The van der Waals surface area contributed by atoms with Crippen molar-refractivity contribution in [2.75, 3.05) is 13.2 Å². The van der Waals surface area contributed by atoms with Crippen LogP contribution in [0.5, 0.6) is 5.75 Å². The van der Waals surface area contributed by atoms with Crippen molar-refractivity contribution in [3.63, 3.8) is 0 Å². The number of hydrogen-bond acceptors (Lipinski definition) is 4. The SMILES string of the molecule is N=C(N)c1cccc(OCCNC(=O)c2ccc(Cl)cc2)c1.O=C(O)C(F)(F)F. The van der Waals surface area contributed by atoms with Crippen LogP contribution in [-0.4, -0.2) is 42.1 Å². The number of nitrogens with two attached hydrogens (primary N) is 1. The van der Waals surface area contributed by atoms with E-state index in [1.165, 1.54) is 0 Å². The summed E-state index contributed by atoms with van der Waals surface area (Å²) in [5.74, 6) is -2.35. The smallest absolute Gasteiger partial charge is 0.490 e. The molecule has 0 aliphatic carbocycles. The summed E-state index contributed by atoms with van der Waals surface area (Å²) in [7, 11) is 0. The molecule has 0 aromatic heterocycles. The number of nitrogens with one attached hydrogen (secondary N) is 2. The van der Waals surface area contributed by atoms with Crippen LogP contribution in [0, 0.1) is 5.41 Å². The lowest BCUT2D eigenvalue weighted by Crippen LogP contribution is -2.28. The van der Waals surface area contributed by atoms with E-state index in [9.17, 15) is 18.0 Å². The molecule has 0 aliphatic rings. The molecular weight excluding hydrogens is 415 g/mol. The van der Waals surface area contributed by atoms with E-state index in [1.54, 1.807) is 48.5 Å². The molecule has 1 amide bonds. The molecule has 156 valence electrons. The molecule has 0 atom stereocenters. The average Bonchev–Trinajstić information content (AvgIpc) is 2.65. The Hall–Kier alpha value is -3.27. The largest absolute Gasteiger partial charge is 0.492 e. The molecule has 2 rings (SSSR count). The molecule has 11 heteroatoms. The average molecular weight is 432 g/mol. The Morgan fingerprint density at radius 3 is 2.24 bits per heavy atom. The second kappa shape index (κ2) is 10.9. The van der Waals surface area contributed by atoms with Crippen molar-refractivity contribution >= 4 is 29.3 Å². The molecule has 0 fully saturated rings. The Kier molecular flexibility index (Phi) is 8.94. The second-order valence-electron chi connectivity index (χ2n) is 5.36. The van der Waals surface area contributed by atoms with Gasteiger partial charge in [0.2, 0.25) is 0 Å². The first kappa shape index (κ1) is 23.8. The summed E-state index contributed by atoms with van der Waals surface area (Å²) in [6.45, 7) is 0.687. The molecule has 7 nitrogen and oxygen atoms in total. The summed E-state index contributed by atoms with van der Waals surface area (Å²) >= 11 is 5.77. The van der Waals surface area contributed by atoms with Gasteiger partial charge in [0.25, 0.3) is 5.91 Å². The third-order valence-electron chi connectivity index (χ3n) is 3.15. The van der Waals surface area contributed by atoms with Crippen molar-refractivity contribution in [2.45, 2.75) is 6.18 Å². The zero-order valence-electron chi connectivity index (χ0n) is 14.8. The van der Waals surface area contributed by atoms with Gasteiger partial charge in [0.05, 0.1) is 6.54 Å². The van der Waals surface area contributed by atoms with Gasteiger partial charge in [0, 0.05) is 16.1 Å². The summed E-state index contributed by atoms with van der Waals surface area (Å²) < 4.78 is 37.3. The minimum atomic E-state index is -5.08. The van der Waals surface area contributed by atoms with E-state index in [2.05, 4.69) is 5.32 Å². The van der Waals surface area contributed by atoms with Crippen LogP contribution in [0.4, 0.5) is 13.2 Å². The minimum absolute atomic E-state index is 0.0125. The summed E-state index contributed by atoms with van der Waals surface area (Å²) in [6.07, 6.45) is -5.08. The molecule has 0 radical (unpaired) electrons. The van der Waals surface area contributed by atoms with Gasteiger partial charge in [-0.05, 0) is 36.4 Å². The molecule has 0 saturated heterocycles. The first-order valence-corrected chi connectivity index (χ1v) is 8.29. The van der Waals surface area contributed by atoms with Gasteiger partial charge in [-0.15, -0.1) is 0 Å². The molecule has 0 spiro atoms. The molecule has 0 saturated carbocycles. The van der Waals surface area contributed by atoms with Crippen LogP contribution >= 0.6 is 11.6 Å². The van der Waals surface area contributed by atoms with Crippen LogP contribution in [0.25, 0.3) is 0 Å². The molecule has 0 unspecified atom stereocenters. The van der Waals surface area contributed by atoms with Crippen molar-refractivity contribution in [1.82, 2.24) is 5.32 Å². The Morgan fingerprint density at radius 1 is 1.14 bits per heavy atom. The summed E-state index contributed by atoms with van der Waals surface area (Å²) in [6, 6.07) is 13.6. The number of amides is 1. The fourth-order valence-corrected chi connectivity index (χ4v) is 1.92. The highest BCUT2D eigenvalue weighted by molar-refractivity contribution is 6.30. The van der Waals surface area contributed by atoms with Gasteiger partial charge in [0.15, 0.2) is 0 Å². The van der Waals surface area contributed by atoms with Crippen LogP contribution in [-0.2, 0) is 4.79 Å². The predicted octanol–water partition coefficient (Wildman–Crippen LogP) is 3.07. The number of rotatable bonds is 6. The Labute approximate surface area is 168 Å². The van der Waals surface area contributed by atoms with Gasteiger partial charge in [-0.2, -0.15) is 13.2 Å². The Bertz CT molecular complexity index is 858. The lowest BCUT2D eigenvalue weighted by atomic mass is 10.2. The number of carboxylic acids is 1. The van der Waals surface area contributed by atoms with Crippen LogP contribution < -0.4 is 15.8 Å². The van der Waals surface area contributed by atoms with E-state index in [1.807, 2.05) is 0 Å². The molecule has 0 heterocycles.